The third kappa shape index (κ3) is 5.64. The Bertz CT molecular complexity index is 1240. The summed E-state index contributed by atoms with van der Waals surface area (Å²) >= 11 is 5.92. The second-order valence-corrected chi connectivity index (χ2v) is 7.33. The number of aliphatic hydroxyl groups excluding tert-OH is 1. The fraction of sp³-hybridized carbons (Fsp3) is 0.208. The molecule has 0 fully saturated rings. The van der Waals surface area contributed by atoms with Gasteiger partial charge in [-0.05, 0) is 48.4 Å². The molecule has 0 aliphatic heterocycles. The number of ether oxygens (including phenoxy) is 2. The van der Waals surface area contributed by atoms with Crippen molar-refractivity contribution in [3.05, 3.63) is 69.9 Å². The monoisotopic (exact) mass is 463 g/mol. The largest absolute Gasteiger partial charge is 0.490 e. The summed E-state index contributed by atoms with van der Waals surface area (Å²) in [7, 11) is 0. The van der Waals surface area contributed by atoms with Gasteiger partial charge in [0.1, 0.15) is 35.8 Å². The number of hydrogen-bond acceptors (Lipinski definition) is 7. The number of nitriles is 2. The molecule has 0 aliphatic carbocycles. The van der Waals surface area contributed by atoms with E-state index >= 15 is 0 Å². The molecule has 1 heterocycles. The van der Waals surface area contributed by atoms with E-state index in [0.29, 0.717) is 35.3 Å². The highest BCUT2D eigenvalue weighted by Gasteiger charge is 2.19. The van der Waals surface area contributed by atoms with Gasteiger partial charge >= 0.3 is 0 Å². The van der Waals surface area contributed by atoms with E-state index in [1.54, 1.807) is 36.4 Å². The molecule has 33 heavy (non-hydrogen) atoms. The molecule has 0 amide bonds. The first kappa shape index (κ1) is 23.7. The summed E-state index contributed by atoms with van der Waals surface area (Å²) in [5.74, 6) is 1.17. The molecule has 0 unspecified atom stereocenters. The van der Waals surface area contributed by atoms with Crippen molar-refractivity contribution in [3.8, 4) is 23.6 Å². The van der Waals surface area contributed by atoms with Gasteiger partial charge in [-0.25, -0.2) is 4.68 Å². The zero-order valence-electron chi connectivity index (χ0n) is 18.0. The zero-order valence-corrected chi connectivity index (χ0v) is 18.7. The summed E-state index contributed by atoms with van der Waals surface area (Å²) in [5, 5.41) is 33.3. The number of hydrogen-bond donors (Lipinski definition) is 2. The molecular formula is C24H22ClN5O3. The van der Waals surface area contributed by atoms with Gasteiger partial charge in [-0.15, -0.1) is 0 Å². The van der Waals surface area contributed by atoms with Gasteiger partial charge in [0.2, 0.25) is 0 Å². The molecule has 0 bridgehead atoms. The van der Waals surface area contributed by atoms with Crippen LogP contribution >= 0.6 is 11.6 Å². The first-order valence-corrected chi connectivity index (χ1v) is 10.5. The van der Waals surface area contributed by atoms with Crippen LogP contribution in [0, 0.1) is 22.7 Å². The predicted octanol–water partition coefficient (Wildman–Crippen LogP) is 4.02. The first-order valence-electron chi connectivity index (χ1n) is 10.1. The number of benzene rings is 2. The van der Waals surface area contributed by atoms with Crippen LogP contribution in [-0.4, -0.2) is 28.1 Å². The number of rotatable bonds is 9. The number of nitrogen functional groups attached to an aromatic ring is 1. The van der Waals surface area contributed by atoms with Gasteiger partial charge in [-0.2, -0.15) is 15.6 Å². The third-order valence-electron chi connectivity index (χ3n) is 4.68. The van der Waals surface area contributed by atoms with Gasteiger partial charge in [0.05, 0.1) is 25.3 Å². The van der Waals surface area contributed by atoms with E-state index in [4.69, 9.17) is 26.8 Å². The molecule has 8 nitrogen and oxygen atoms in total. The quantitative estimate of drug-likeness (QED) is 0.458. The Labute approximate surface area is 196 Å². The van der Waals surface area contributed by atoms with Crippen LogP contribution < -0.4 is 15.2 Å². The third-order valence-corrected chi connectivity index (χ3v) is 4.93. The maximum absolute atomic E-state index is 9.72. The minimum absolute atomic E-state index is 0.0872. The highest BCUT2D eigenvalue weighted by molar-refractivity contribution is 6.30. The molecule has 3 rings (SSSR count). The van der Waals surface area contributed by atoms with Gasteiger partial charge < -0.3 is 20.3 Å². The molecule has 2 aromatic carbocycles. The second-order valence-electron chi connectivity index (χ2n) is 6.89. The van der Waals surface area contributed by atoms with Crippen molar-refractivity contribution >= 4 is 29.1 Å². The molecule has 0 saturated heterocycles. The van der Waals surface area contributed by atoms with E-state index in [1.165, 1.54) is 4.68 Å². The minimum atomic E-state index is -0.197. The molecule has 3 N–H and O–H groups in total. The number of nitrogens with zero attached hydrogens (tertiary/aromatic N) is 4. The van der Waals surface area contributed by atoms with Crippen LogP contribution in [0.15, 0.2) is 42.5 Å². The van der Waals surface area contributed by atoms with E-state index in [9.17, 15) is 15.6 Å². The highest BCUT2D eigenvalue weighted by atomic mass is 35.5. The molecule has 0 saturated carbocycles. The fourth-order valence-corrected chi connectivity index (χ4v) is 3.23. The Morgan fingerprint density at radius 3 is 2.58 bits per heavy atom. The van der Waals surface area contributed by atoms with Crippen LogP contribution in [0.3, 0.4) is 0 Å². The van der Waals surface area contributed by atoms with Crippen molar-refractivity contribution < 1.29 is 14.6 Å². The standard InChI is InChI=1S/C24H22ClN5O3/c1-2-32-22-12-17(5-8-21(22)33-15-16-3-6-19(25)7-4-16)11-18(13-26)23-20(14-27)24(28)30(29-23)9-10-31/h3-8,11-12,31H,2,9-10,15,28H2,1H3. The van der Waals surface area contributed by atoms with Gasteiger partial charge in [-0.3, -0.25) is 0 Å². The van der Waals surface area contributed by atoms with Crippen molar-refractivity contribution in [1.82, 2.24) is 9.78 Å². The Kier molecular flexibility index (Phi) is 7.93. The Morgan fingerprint density at radius 2 is 1.94 bits per heavy atom. The molecule has 1 aromatic heterocycles. The lowest BCUT2D eigenvalue weighted by Gasteiger charge is -2.13. The summed E-state index contributed by atoms with van der Waals surface area (Å²) in [5.41, 5.74) is 7.97. The van der Waals surface area contributed by atoms with Crippen molar-refractivity contribution in [2.75, 3.05) is 18.9 Å². The lowest BCUT2D eigenvalue weighted by atomic mass is 10.1. The summed E-state index contributed by atoms with van der Waals surface area (Å²) in [6.07, 6.45) is 1.59. The summed E-state index contributed by atoms with van der Waals surface area (Å²) in [6, 6.07) is 16.7. The second kappa shape index (κ2) is 11.1. The Morgan fingerprint density at radius 1 is 1.18 bits per heavy atom. The van der Waals surface area contributed by atoms with E-state index in [1.807, 2.05) is 25.1 Å². The molecule has 0 atom stereocenters. The van der Waals surface area contributed by atoms with Crippen LogP contribution in [0.25, 0.3) is 11.6 Å². The SMILES string of the molecule is CCOc1cc(C=C(C#N)c2nn(CCO)c(N)c2C#N)ccc1OCc1ccc(Cl)cc1. The summed E-state index contributed by atoms with van der Waals surface area (Å²) in [4.78, 5) is 0. The van der Waals surface area contributed by atoms with Gasteiger partial charge in [0.15, 0.2) is 11.5 Å². The lowest BCUT2D eigenvalue weighted by Crippen LogP contribution is -2.07. The van der Waals surface area contributed by atoms with Crippen LogP contribution in [0.5, 0.6) is 11.5 Å². The Hall–Kier alpha value is -3.98. The highest BCUT2D eigenvalue weighted by Crippen LogP contribution is 2.32. The van der Waals surface area contributed by atoms with Crippen LogP contribution in [0.1, 0.15) is 29.3 Å². The molecule has 3 aromatic rings. The van der Waals surface area contributed by atoms with E-state index < -0.39 is 0 Å². The van der Waals surface area contributed by atoms with E-state index in [2.05, 4.69) is 11.2 Å². The molecule has 9 heteroatoms. The molecule has 0 aliphatic rings. The summed E-state index contributed by atoms with van der Waals surface area (Å²) in [6.45, 7) is 2.55. The van der Waals surface area contributed by atoms with Crippen molar-refractivity contribution in [2.45, 2.75) is 20.1 Å². The van der Waals surface area contributed by atoms with E-state index in [-0.39, 0.29) is 35.8 Å². The van der Waals surface area contributed by atoms with Crippen LogP contribution in [0.2, 0.25) is 5.02 Å². The number of halogens is 1. The number of allylic oxidation sites excluding steroid dienone is 1. The molecule has 0 radical (unpaired) electrons. The topological polar surface area (TPSA) is 130 Å². The van der Waals surface area contributed by atoms with Gasteiger partial charge in [-0.1, -0.05) is 29.8 Å². The van der Waals surface area contributed by atoms with Crippen LogP contribution in [-0.2, 0) is 13.2 Å². The number of aliphatic hydroxyl groups is 1. The van der Waals surface area contributed by atoms with E-state index in [0.717, 1.165) is 5.56 Å². The minimum Gasteiger partial charge on any atom is -0.490 e. The maximum Gasteiger partial charge on any atom is 0.161 e. The van der Waals surface area contributed by atoms with Crippen LogP contribution in [0.4, 0.5) is 5.82 Å². The predicted molar refractivity (Wildman–Crippen MR) is 125 cm³/mol. The van der Waals surface area contributed by atoms with Gasteiger partial charge in [0.25, 0.3) is 0 Å². The molecular weight excluding hydrogens is 442 g/mol. The number of aromatic nitrogens is 2. The maximum atomic E-state index is 9.72. The first-order chi connectivity index (χ1) is 16.0. The van der Waals surface area contributed by atoms with Crippen molar-refractivity contribution in [3.63, 3.8) is 0 Å². The van der Waals surface area contributed by atoms with Gasteiger partial charge in [0, 0.05) is 5.02 Å². The smallest absolute Gasteiger partial charge is 0.161 e. The average Bonchev–Trinajstić information content (AvgIpc) is 3.13. The Balaban J connectivity index is 1.91. The number of nitrogens with two attached hydrogens (primary N) is 1. The lowest BCUT2D eigenvalue weighted by molar-refractivity contribution is 0.269. The summed E-state index contributed by atoms with van der Waals surface area (Å²) < 4.78 is 12.9. The van der Waals surface area contributed by atoms with Crippen molar-refractivity contribution in [1.29, 1.82) is 10.5 Å². The average molecular weight is 464 g/mol. The zero-order chi connectivity index (χ0) is 23.8. The molecule has 168 valence electrons. The fourth-order valence-electron chi connectivity index (χ4n) is 3.10. The number of anilines is 1. The van der Waals surface area contributed by atoms with Crippen molar-refractivity contribution in [2.24, 2.45) is 0 Å². The molecule has 0 spiro atoms. The normalized spacial score (nSPS) is 11.0.